The van der Waals surface area contributed by atoms with Gasteiger partial charge in [-0.05, 0) is 57.2 Å². The number of aliphatic hydroxyl groups is 1. The number of carboxylic acids is 1. The van der Waals surface area contributed by atoms with Gasteiger partial charge in [0.05, 0.1) is 13.2 Å². The summed E-state index contributed by atoms with van der Waals surface area (Å²) in [4.78, 5) is 39.8. The maximum absolute atomic E-state index is 13.2. The van der Waals surface area contributed by atoms with Gasteiger partial charge in [0.25, 0.3) is 0 Å². The molecule has 2 aliphatic heterocycles. The molecule has 4 atom stereocenters. The molecule has 45 heavy (non-hydrogen) atoms. The molecular formula is C35H34MgN4O5-2. The van der Waals surface area contributed by atoms with Crippen LogP contribution in [0.3, 0.4) is 0 Å². The van der Waals surface area contributed by atoms with E-state index in [1.165, 1.54) is 13.2 Å². The number of hydrogen-bond acceptors (Lipinski definition) is 4. The van der Waals surface area contributed by atoms with Gasteiger partial charge in [-0.3, -0.25) is 4.79 Å². The van der Waals surface area contributed by atoms with Gasteiger partial charge in [-0.25, -0.2) is 4.79 Å². The van der Waals surface area contributed by atoms with Crippen LogP contribution in [0.25, 0.3) is 41.3 Å². The molecule has 9 nitrogen and oxygen atoms in total. The van der Waals surface area contributed by atoms with Gasteiger partial charge in [0.2, 0.25) is 0 Å². The summed E-state index contributed by atoms with van der Waals surface area (Å²) in [5, 5.41) is 28.9. The summed E-state index contributed by atoms with van der Waals surface area (Å²) in [5.41, 5.74) is 8.68. The van der Waals surface area contributed by atoms with Crippen molar-refractivity contribution in [2.24, 2.45) is 11.8 Å². The molecule has 8 bridgehead atoms. The number of methoxy groups -OCH3 is 1. The van der Waals surface area contributed by atoms with Crippen molar-refractivity contribution in [2.45, 2.75) is 53.2 Å². The van der Waals surface area contributed by atoms with E-state index in [-0.39, 0.29) is 23.1 Å². The summed E-state index contributed by atoms with van der Waals surface area (Å²) in [6.07, 6.45) is 9.77. The van der Waals surface area contributed by atoms with Crippen molar-refractivity contribution < 1.29 is 24.5 Å². The van der Waals surface area contributed by atoms with Crippen LogP contribution in [0.4, 0.5) is 0 Å². The molecular weight excluding hydrogens is 581 g/mol. The van der Waals surface area contributed by atoms with E-state index >= 15 is 0 Å². The third-order valence-electron chi connectivity index (χ3n) is 9.35. The number of carbonyl (C=O) groups excluding carboxylic acids is 1. The molecule has 10 heteroatoms. The van der Waals surface area contributed by atoms with E-state index in [0.29, 0.717) is 38.8 Å². The third kappa shape index (κ3) is 5.05. The Morgan fingerprint density at radius 3 is 2.29 bits per heavy atom. The number of aliphatic hydroxyl groups excluding tert-OH is 1. The Labute approximate surface area is 277 Å². The van der Waals surface area contributed by atoms with Crippen molar-refractivity contribution in [3.05, 3.63) is 95.4 Å². The molecule has 0 radical (unpaired) electrons. The van der Waals surface area contributed by atoms with Gasteiger partial charge < -0.3 is 35.2 Å². The van der Waals surface area contributed by atoms with Gasteiger partial charge in [0, 0.05) is 6.08 Å². The zero-order valence-electron chi connectivity index (χ0n) is 26.3. The number of fused-ring (bicyclic) bond motifs is 7. The molecule has 1 fully saturated rings. The Hall–Kier alpha value is -3.99. The molecule has 3 aromatic rings. The molecule has 0 aromatic carbocycles. The summed E-state index contributed by atoms with van der Waals surface area (Å²) >= 11 is 0. The minimum atomic E-state index is -1.12. The number of nitrogens with zero attached hydrogens (tertiary/aromatic N) is 4. The van der Waals surface area contributed by atoms with E-state index < -0.39 is 35.9 Å². The van der Waals surface area contributed by atoms with E-state index in [2.05, 4.69) is 20.4 Å². The monoisotopic (exact) mass is 614 g/mol. The number of rotatable bonds is 5. The number of aliphatic carboxylic acids is 1. The van der Waals surface area contributed by atoms with Crippen LogP contribution in [0.5, 0.6) is 0 Å². The normalized spacial score (nSPS) is 25.0. The predicted molar refractivity (Wildman–Crippen MR) is 174 cm³/mol. The van der Waals surface area contributed by atoms with Gasteiger partial charge in [0.15, 0.2) is 0 Å². The molecule has 1 saturated carbocycles. The largest absolute Gasteiger partial charge is 2.00 e. The predicted octanol–water partition coefficient (Wildman–Crippen LogP) is 0.818. The van der Waals surface area contributed by atoms with Crippen LogP contribution < -0.4 is 36.3 Å². The molecule has 228 valence electrons. The van der Waals surface area contributed by atoms with Crippen LogP contribution in [0, 0.1) is 32.6 Å². The molecule has 5 heterocycles. The zero-order chi connectivity index (χ0) is 31.6. The first kappa shape index (κ1) is 32.4. The summed E-state index contributed by atoms with van der Waals surface area (Å²) in [6, 6.07) is -0.600. The van der Waals surface area contributed by atoms with Crippen LogP contribution in [0.1, 0.15) is 58.6 Å². The minimum absolute atomic E-state index is 0. The van der Waals surface area contributed by atoms with E-state index in [9.17, 15) is 19.8 Å². The topological polar surface area (TPSA) is 140 Å². The quantitative estimate of drug-likeness (QED) is 0.245. The van der Waals surface area contributed by atoms with Crippen LogP contribution >= 0.6 is 0 Å². The number of hydrogen-bond donors (Lipinski definition) is 2. The Bertz CT molecular complexity index is 2070. The van der Waals surface area contributed by atoms with Gasteiger partial charge in [-0.1, -0.05) is 77.2 Å². The number of ether oxygens (including phenoxy) is 1. The molecule has 3 aromatic heterocycles. The maximum Gasteiger partial charge on any atom is 2.00 e. The molecule has 2 N–H and O–H groups in total. The first-order chi connectivity index (χ1) is 21.0. The second-order valence-corrected chi connectivity index (χ2v) is 11.6. The number of allylic oxidation sites excluding steroid dienone is 1. The molecule has 6 rings (SSSR count). The average Bonchev–Trinajstić information content (AvgIpc) is 3.72. The van der Waals surface area contributed by atoms with Gasteiger partial charge in [0.1, 0.15) is 5.92 Å². The van der Waals surface area contributed by atoms with E-state index in [1.807, 2.05) is 39.0 Å². The van der Waals surface area contributed by atoms with Crippen molar-refractivity contribution in [1.29, 1.82) is 0 Å². The Morgan fingerprint density at radius 2 is 1.64 bits per heavy atom. The number of esters is 1. The summed E-state index contributed by atoms with van der Waals surface area (Å²) in [7, 11) is 1.29. The fourth-order valence-corrected chi connectivity index (χ4v) is 6.99. The van der Waals surface area contributed by atoms with Crippen LogP contribution in [0.2, 0.25) is 0 Å². The Kier molecular flexibility index (Phi) is 8.69. The van der Waals surface area contributed by atoms with Gasteiger partial charge >= 0.3 is 35.0 Å². The molecule has 1 aliphatic carbocycles. The first-order valence-corrected chi connectivity index (χ1v) is 14.6. The van der Waals surface area contributed by atoms with E-state index in [0.717, 1.165) is 56.7 Å². The third-order valence-corrected chi connectivity index (χ3v) is 9.35. The van der Waals surface area contributed by atoms with Gasteiger partial charge in [-0.2, -0.15) is 0 Å². The first-order valence-electron chi connectivity index (χ1n) is 14.6. The van der Waals surface area contributed by atoms with Crippen molar-refractivity contribution >= 4 is 70.9 Å². The molecule has 0 spiro atoms. The van der Waals surface area contributed by atoms with E-state index in [1.54, 1.807) is 6.08 Å². The van der Waals surface area contributed by atoms with Gasteiger partial charge in [-0.15, -0.1) is 38.5 Å². The van der Waals surface area contributed by atoms with Crippen molar-refractivity contribution in [1.82, 2.24) is 15.0 Å². The summed E-state index contributed by atoms with van der Waals surface area (Å²) in [5.74, 6) is -3.23. The number of carboxylic acid groups (broad SMARTS) is 1. The minimum Gasteiger partial charge on any atom is -0.678 e. The summed E-state index contributed by atoms with van der Waals surface area (Å²) < 4.78 is 5.17. The van der Waals surface area contributed by atoms with Crippen molar-refractivity contribution in [3.8, 4) is 0 Å². The van der Waals surface area contributed by atoms with Crippen molar-refractivity contribution in [2.75, 3.05) is 7.11 Å². The van der Waals surface area contributed by atoms with Crippen molar-refractivity contribution in [3.63, 3.8) is 0 Å². The molecule has 0 saturated heterocycles. The molecule has 3 aliphatic rings. The van der Waals surface area contributed by atoms with Crippen LogP contribution in [-0.2, 0) is 20.7 Å². The zero-order valence-corrected chi connectivity index (χ0v) is 27.7. The fraction of sp³-hybridized carbons (Fsp3) is 0.314. The van der Waals surface area contributed by atoms with Crippen LogP contribution in [0.15, 0.2) is 23.9 Å². The Morgan fingerprint density at radius 1 is 0.956 bits per heavy atom. The van der Waals surface area contributed by atoms with Crippen LogP contribution in [-0.4, -0.2) is 64.5 Å². The SMILES string of the molecule is C=Cc1c2[n-]c(c1C)/C=c1\[n-]/c(c(/C=C/C(=O)O)c1C)=C1\C3[N-]C(=C(C)C3C(O)[C@@H]1C(=O)OC)/C=c1\[n-]/c(c(C)c1CC)=C\2.[Mg+2]. The van der Waals surface area contributed by atoms with E-state index in [4.69, 9.17) is 25.0 Å². The average molecular weight is 615 g/mol. The maximum atomic E-state index is 13.2. The second kappa shape index (κ2) is 12.1. The number of aromatic nitrogens is 3. The summed E-state index contributed by atoms with van der Waals surface area (Å²) in [6.45, 7) is 13.9. The standard InChI is InChI=1S/C35H34N4O5.Mg/c1-8-19-15(3)22-12-24-17(5)21(10-11-28(40)41)32(38-24)30-31(35(43)44-7)34(42)29-18(6)25(39-33(29)30)14-27-20(9-2)16(4)23(37-27)13-26(19)36-22;/h8,10-14,29,31,33-34,42H,1,9H2,2-7H3,(H,40,41);/q-4;+2/b11-10+,23-13-,24-12-,27-14-,32-30-;/t29?,31-,33?,34?;/m1./s1. The molecule has 3 unspecified atom stereocenters. The number of carbonyl (C=O) groups is 2. The molecule has 0 amide bonds. The smallest absolute Gasteiger partial charge is 0.678 e. The fourth-order valence-electron chi connectivity index (χ4n) is 6.99. The Balaban J connectivity index is 0.00000400. The second-order valence-electron chi connectivity index (χ2n) is 11.6.